The van der Waals surface area contributed by atoms with Gasteiger partial charge in [0.1, 0.15) is 0 Å². The second kappa shape index (κ2) is 4.13. The molecule has 0 aliphatic carbocycles. The van der Waals surface area contributed by atoms with Crippen molar-refractivity contribution in [2.24, 2.45) is 0 Å². The van der Waals surface area contributed by atoms with Gasteiger partial charge in [-0.2, -0.15) is 7.05 Å². The molecule has 0 N–H and O–H groups in total. The molecule has 56 valence electrons. The van der Waals surface area contributed by atoms with Gasteiger partial charge < -0.3 is 4.98 Å². The molecule has 10 heavy (non-hydrogen) atoms. The smallest absolute Gasteiger partial charge is 0.669 e. The minimum absolute atomic E-state index is 0. The third-order valence-electron chi connectivity index (χ3n) is 2.39. The molecule has 0 unspecified atom stereocenters. The fraction of sp³-hybridized carbons (Fsp3) is 1.00. The van der Waals surface area contributed by atoms with Gasteiger partial charge in [-0.05, 0) is 0 Å². The number of rotatable bonds is 2. The fourth-order valence-corrected chi connectivity index (χ4v) is 3.02. The Kier molecular flexibility index (Phi) is 5.60. The van der Waals surface area contributed by atoms with Gasteiger partial charge in [-0.25, -0.2) is 0 Å². The van der Waals surface area contributed by atoms with Crippen LogP contribution in [-0.2, 0) is 0 Å². The maximum Gasteiger partial charge on any atom is 1.00 e. The monoisotopic (exact) mass is 167 g/mol. The van der Waals surface area contributed by atoms with Crippen LogP contribution < -0.4 is 18.9 Å². The summed E-state index contributed by atoms with van der Waals surface area (Å²) in [5.74, 6) is 0. The molecule has 0 aliphatic heterocycles. The zero-order chi connectivity index (χ0) is 7.71. The van der Waals surface area contributed by atoms with Crippen LogP contribution in [0.15, 0.2) is 0 Å². The van der Waals surface area contributed by atoms with Crippen molar-refractivity contribution < 1.29 is 18.9 Å². The first-order valence-electron chi connectivity index (χ1n) is 3.42. The molecule has 0 atom stereocenters. The van der Waals surface area contributed by atoms with E-state index >= 15 is 0 Å². The third-order valence-corrected chi connectivity index (χ3v) is 18.9. The van der Waals surface area contributed by atoms with Crippen LogP contribution in [0.3, 0.4) is 0 Å². The predicted octanol–water partition coefficient (Wildman–Crippen LogP) is -0.384. The van der Waals surface area contributed by atoms with Crippen molar-refractivity contribution in [3.63, 3.8) is 0 Å². The minimum Gasteiger partial charge on any atom is -0.669 e. The van der Waals surface area contributed by atoms with Gasteiger partial charge >= 0.3 is 18.9 Å². The predicted molar refractivity (Wildman–Crippen MR) is 50.1 cm³/mol. The van der Waals surface area contributed by atoms with E-state index in [2.05, 4.69) is 37.7 Å². The van der Waals surface area contributed by atoms with Crippen LogP contribution in [0.1, 0.15) is 0 Å². The molecule has 0 radical (unpaired) electrons. The van der Waals surface area contributed by atoms with Gasteiger partial charge in [0, 0.05) is 7.59 Å². The summed E-state index contributed by atoms with van der Waals surface area (Å²) in [6.45, 7) is 11.9. The van der Waals surface area contributed by atoms with Gasteiger partial charge in [-0.15, -0.1) is 0 Å². The summed E-state index contributed by atoms with van der Waals surface area (Å²) in [6.07, 6.45) is 0. The molecule has 1 nitrogen and oxygen atoms in total. The van der Waals surface area contributed by atoms with E-state index in [4.69, 9.17) is 0 Å². The minimum atomic E-state index is -1.11. The maximum atomic E-state index is 4.49. The van der Waals surface area contributed by atoms with Gasteiger partial charge in [0.25, 0.3) is 0 Å². The summed E-state index contributed by atoms with van der Waals surface area (Å²) in [5, 5.41) is 0. The number of nitrogens with zero attached hydrogens (tertiary/aromatic N) is 1. The van der Waals surface area contributed by atoms with E-state index < -0.39 is 15.3 Å². The molecular formula is C6H18LiNSi2. The van der Waals surface area contributed by atoms with E-state index in [0.717, 1.165) is 0 Å². The molecule has 0 bridgehead atoms. The molecule has 4 heteroatoms. The third kappa shape index (κ3) is 3.40. The summed E-state index contributed by atoms with van der Waals surface area (Å²) in [7, 11) is -0.0509. The fourth-order valence-electron chi connectivity index (χ4n) is 0.335. The normalized spacial score (nSPS) is 12.6. The Hall–Kier alpha value is 0.991. The summed E-state index contributed by atoms with van der Waals surface area (Å²) < 4.78 is 0. The van der Waals surface area contributed by atoms with Crippen LogP contribution in [-0.4, -0.2) is 22.4 Å². The van der Waals surface area contributed by atoms with E-state index in [-0.39, 0.29) is 18.9 Å². The van der Waals surface area contributed by atoms with Crippen molar-refractivity contribution in [3.05, 3.63) is 4.98 Å². The van der Waals surface area contributed by atoms with Crippen LogP contribution in [0.5, 0.6) is 0 Å². The van der Waals surface area contributed by atoms with Crippen LogP contribution in [0.4, 0.5) is 0 Å². The molecule has 0 fully saturated rings. The Morgan fingerprint density at radius 2 is 1.20 bits per heavy atom. The van der Waals surface area contributed by atoms with Crippen molar-refractivity contribution in [3.8, 4) is 0 Å². The maximum absolute atomic E-state index is 4.49. The summed E-state index contributed by atoms with van der Waals surface area (Å²) in [5.41, 5.74) is 0. The van der Waals surface area contributed by atoms with Crippen molar-refractivity contribution in [1.29, 1.82) is 0 Å². The first kappa shape index (κ1) is 13.6. The molecule has 0 aromatic heterocycles. The molecule has 0 saturated carbocycles. The van der Waals surface area contributed by atoms with E-state index in [1.54, 1.807) is 0 Å². The molecule has 0 spiro atoms. The van der Waals surface area contributed by atoms with E-state index in [9.17, 15) is 0 Å². The molecule has 0 aromatic rings. The quantitative estimate of drug-likeness (QED) is 0.498. The number of hydrogen-bond acceptors (Lipinski definition) is 0. The Morgan fingerprint density at radius 3 is 1.20 bits per heavy atom. The van der Waals surface area contributed by atoms with Gasteiger partial charge in [-0.1, -0.05) is 40.5 Å². The second-order valence-electron chi connectivity index (χ2n) is 4.03. The Morgan fingerprint density at radius 1 is 0.900 bits per heavy atom. The van der Waals surface area contributed by atoms with Crippen molar-refractivity contribution in [1.82, 2.24) is 0 Å². The molecular weight excluding hydrogens is 149 g/mol. The van der Waals surface area contributed by atoms with E-state index in [1.807, 2.05) is 7.05 Å². The first-order valence-corrected chi connectivity index (χ1v) is 10.9. The van der Waals surface area contributed by atoms with Crippen molar-refractivity contribution in [2.45, 2.75) is 32.7 Å². The average Bonchev–Trinajstić information content (AvgIpc) is 1.64. The van der Waals surface area contributed by atoms with E-state index in [1.165, 1.54) is 0 Å². The molecule has 0 aromatic carbocycles. The van der Waals surface area contributed by atoms with E-state index in [0.29, 0.717) is 0 Å². The molecule has 0 amide bonds. The second-order valence-corrected chi connectivity index (χ2v) is 20.3. The van der Waals surface area contributed by atoms with Crippen LogP contribution in [0, 0.1) is 0 Å². The van der Waals surface area contributed by atoms with Crippen molar-refractivity contribution >= 4 is 15.3 Å². The first-order chi connectivity index (χ1) is 3.81. The van der Waals surface area contributed by atoms with Gasteiger partial charge in [-0.3, -0.25) is 0 Å². The van der Waals surface area contributed by atoms with Gasteiger partial charge in [0.2, 0.25) is 0 Å². The zero-order valence-corrected chi connectivity index (χ0v) is 10.4. The van der Waals surface area contributed by atoms with Crippen LogP contribution in [0.25, 0.3) is 4.98 Å². The largest absolute Gasteiger partial charge is 1.00 e. The zero-order valence-electron chi connectivity index (χ0n) is 8.45. The Bertz CT molecular complexity index is 98.4. The summed E-state index contributed by atoms with van der Waals surface area (Å²) >= 11 is 0. The SMILES string of the molecule is C[N-][Si](C)(C)[Si](C)(C)C.[Li+]. The Labute approximate surface area is 79.0 Å². The number of hydrogen-bond donors (Lipinski definition) is 0. The summed E-state index contributed by atoms with van der Waals surface area (Å²) in [4.78, 5) is 4.49. The molecule has 0 rings (SSSR count). The standard InChI is InChI=1S/C6H18NSi2.Li/c1-7-9(5,6)8(2,3)4;/h1-6H3;/q-1;+1. The molecule has 0 saturated heterocycles. The average molecular weight is 167 g/mol. The van der Waals surface area contributed by atoms with Crippen LogP contribution in [0.2, 0.25) is 32.7 Å². The molecule has 0 aliphatic rings. The van der Waals surface area contributed by atoms with Crippen molar-refractivity contribution in [2.75, 3.05) is 7.05 Å². The molecule has 0 heterocycles. The summed E-state index contributed by atoms with van der Waals surface area (Å²) in [6, 6.07) is 0. The topological polar surface area (TPSA) is 14.1 Å². The van der Waals surface area contributed by atoms with Gasteiger partial charge in [0.05, 0.1) is 0 Å². The van der Waals surface area contributed by atoms with Gasteiger partial charge in [0.15, 0.2) is 0 Å². The Balaban J connectivity index is 0. The van der Waals surface area contributed by atoms with Crippen LogP contribution >= 0.6 is 0 Å².